The molecule has 5 nitrogen and oxygen atoms in total. The number of benzene rings is 1. The maximum absolute atomic E-state index is 13.3. The molecule has 1 N–H and O–H groups in total. The number of likely N-dealkylation sites (tertiary alicyclic amines) is 1. The van der Waals surface area contributed by atoms with E-state index in [1.54, 1.807) is 6.20 Å². The van der Waals surface area contributed by atoms with Gasteiger partial charge in [0.05, 0.1) is 20.1 Å². The first-order valence-electron chi connectivity index (χ1n) is 11.7. The van der Waals surface area contributed by atoms with Crippen LogP contribution in [-0.4, -0.2) is 53.3 Å². The number of ether oxygens (including phenoxy) is 1. The number of esters is 1. The highest BCUT2D eigenvalue weighted by Gasteiger charge is 2.48. The molecule has 166 valence electrons. The molecule has 0 bridgehead atoms. The highest BCUT2D eigenvalue weighted by Crippen LogP contribution is 2.41. The van der Waals surface area contributed by atoms with Crippen LogP contribution in [0.1, 0.15) is 49.7 Å². The van der Waals surface area contributed by atoms with Crippen molar-refractivity contribution in [3.05, 3.63) is 66.0 Å². The molecule has 0 spiro atoms. The molecule has 0 radical (unpaired) electrons. The van der Waals surface area contributed by atoms with Gasteiger partial charge in [-0.2, -0.15) is 0 Å². The molecule has 5 heteroatoms. The summed E-state index contributed by atoms with van der Waals surface area (Å²) < 4.78 is 6.79. The molecule has 4 rings (SSSR count). The normalized spacial score (nSPS) is 25.9. The summed E-state index contributed by atoms with van der Waals surface area (Å²) in [5, 5.41) is 11.6. The predicted octanol–water partition coefficient (Wildman–Crippen LogP) is 3.85. The summed E-state index contributed by atoms with van der Waals surface area (Å²) in [7, 11) is 2.27. The lowest BCUT2D eigenvalue weighted by Crippen LogP contribution is -2.52. The fraction of sp³-hybridized carbons (Fsp3) is 0.538. The molecule has 2 fully saturated rings. The standard InChI is InChI=1S/C26H35N2O3/c1-28(18-15-21-9-7-16-27-19-21)17-8-14-24(28)20-31-25(29)26(30,23-12-5-6-13-23)22-10-3-2-4-11-22/h2-4,7,9-11,16,19,23-24,30H,5-6,8,12-15,17-18,20H2,1H3/q+1. The Kier molecular flexibility index (Phi) is 6.73. The minimum absolute atomic E-state index is 0.0718. The maximum atomic E-state index is 13.3. The second kappa shape index (κ2) is 9.49. The van der Waals surface area contributed by atoms with Crippen molar-refractivity contribution in [1.29, 1.82) is 0 Å². The molecule has 0 amide bonds. The molecular weight excluding hydrogens is 388 g/mol. The minimum Gasteiger partial charge on any atom is -0.457 e. The summed E-state index contributed by atoms with van der Waals surface area (Å²) in [5.41, 5.74) is 0.353. The average molecular weight is 424 g/mol. The van der Waals surface area contributed by atoms with Gasteiger partial charge in [0, 0.05) is 37.6 Å². The molecule has 1 aromatic carbocycles. The zero-order valence-corrected chi connectivity index (χ0v) is 18.6. The van der Waals surface area contributed by atoms with E-state index in [-0.39, 0.29) is 12.0 Å². The number of aromatic nitrogens is 1. The van der Waals surface area contributed by atoms with Gasteiger partial charge in [0.2, 0.25) is 0 Å². The van der Waals surface area contributed by atoms with E-state index in [1.165, 1.54) is 5.56 Å². The molecule has 3 unspecified atom stereocenters. The first kappa shape index (κ1) is 22.0. The zero-order valence-electron chi connectivity index (χ0n) is 18.6. The molecule has 1 aliphatic carbocycles. The number of hydrogen-bond donors (Lipinski definition) is 1. The lowest BCUT2D eigenvalue weighted by molar-refractivity contribution is -0.921. The number of hydrogen-bond acceptors (Lipinski definition) is 4. The number of rotatable bonds is 8. The minimum atomic E-state index is -1.55. The number of likely N-dealkylation sites (N-methyl/N-ethyl adjacent to an activating group) is 1. The Balaban J connectivity index is 1.43. The van der Waals surface area contributed by atoms with E-state index >= 15 is 0 Å². The van der Waals surface area contributed by atoms with Gasteiger partial charge in [-0.15, -0.1) is 0 Å². The first-order chi connectivity index (χ1) is 15.0. The highest BCUT2D eigenvalue weighted by atomic mass is 16.6. The number of carbonyl (C=O) groups excluding carboxylic acids is 1. The van der Waals surface area contributed by atoms with Crippen LogP contribution in [0.5, 0.6) is 0 Å². The van der Waals surface area contributed by atoms with Crippen molar-refractivity contribution in [2.75, 3.05) is 26.7 Å². The molecule has 1 saturated carbocycles. The van der Waals surface area contributed by atoms with Crippen LogP contribution in [0, 0.1) is 5.92 Å². The van der Waals surface area contributed by atoms with Crippen molar-refractivity contribution in [3.8, 4) is 0 Å². The van der Waals surface area contributed by atoms with Gasteiger partial charge in [0.1, 0.15) is 12.6 Å². The fourth-order valence-electron chi connectivity index (χ4n) is 5.51. The van der Waals surface area contributed by atoms with Crippen LogP contribution in [-0.2, 0) is 21.6 Å². The van der Waals surface area contributed by atoms with Crippen molar-refractivity contribution >= 4 is 5.97 Å². The van der Waals surface area contributed by atoms with Crippen LogP contribution < -0.4 is 0 Å². The van der Waals surface area contributed by atoms with Gasteiger partial charge < -0.3 is 14.3 Å². The van der Waals surface area contributed by atoms with E-state index in [4.69, 9.17) is 4.74 Å². The number of quaternary nitrogens is 1. The third kappa shape index (κ3) is 4.68. The lowest BCUT2D eigenvalue weighted by Gasteiger charge is -2.37. The Morgan fingerprint density at radius 2 is 1.90 bits per heavy atom. The van der Waals surface area contributed by atoms with Gasteiger partial charge in [-0.3, -0.25) is 4.98 Å². The SMILES string of the molecule is C[N+]1(CCc2cccnc2)CCCC1COC(=O)C(O)(c1ccccc1)C1CCCC1. The van der Waals surface area contributed by atoms with Gasteiger partial charge in [-0.1, -0.05) is 49.2 Å². The Morgan fingerprint density at radius 1 is 1.13 bits per heavy atom. The summed E-state index contributed by atoms with van der Waals surface area (Å²) in [6.45, 7) is 2.46. The largest absolute Gasteiger partial charge is 0.457 e. The van der Waals surface area contributed by atoms with E-state index in [9.17, 15) is 9.90 Å². The van der Waals surface area contributed by atoms with E-state index < -0.39 is 11.6 Å². The maximum Gasteiger partial charge on any atom is 0.343 e. The topological polar surface area (TPSA) is 59.4 Å². The third-order valence-corrected chi connectivity index (χ3v) is 7.60. The second-order valence-corrected chi connectivity index (χ2v) is 9.55. The summed E-state index contributed by atoms with van der Waals surface area (Å²) in [5.74, 6) is -0.547. The summed E-state index contributed by atoms with van der Waals surface area (Å²) >= 11 is 0. The van der Waals surface area contributed by atoms with Crippen molar-refractivity contribution in [3.63, 3.8) is 0 Å². The number of nitrogens with zero attached hydrogens (tertiary/aromatic N) is 2. The van der Waals surface area contributed by atoms with Crippen molar-refractivity contribution in [1.82, 2.24) is 4.98 Å². The Bertz CT molecular complexity index is 853. The third-order valence-electron chi connectivity index (χ3n) is 7.60. The number of carbonyl (C=O) groups is 1. The van der Waals surface area contributed by atoms with Crippen LogP contribution in [0.25, 0.3) is 0 Å². The number of aliphatic hydroxyl groups is 1. The molecule has 1 aromatic heterocycles. The van der Waals surface area contributed by atoms with Crippen molar-refractivity contribution in [2.24, 2.45) is 5.92 Å². The van der Waals surface area contributed by atoms with E-state index in [1.807, 2.05) is 42.6 Å². The van der Waals surface area contributed by atoms with Gasteiger partial charge in [0.25, 0.3) is 0 Å². The molecule has 1 aliphatic heterocycles. The summed E-state index contributed by atoms with van der Waals surface area (Å²) in [6.07, 6.45) is 10.7. The lowest BCUT2D eigenvalue weighted by atomic mass is 9.80. The summed E-state index contributed by atoms with van der Waals surface area (Å²) in [4.78, 5) is 17.5. The molecule has 31 heavy (non-hydrogen) atoms. The van der Waals surface area contributed by atoms with E-state index in [2.05, 4.69) is 18.1 Å². The Hall–Kier alpha value is -2.24. The molecular formula is C26H35N2O3+. The van der Waals surface area contributed by atoms with Gasteiger partial charge in [-0.25, -0.2) is 4.79 Å². The van der Waals surface area contributed by atoms with E-state index in [0.29, 0.717) is 12.2 Å². The van der Waals surface area contributed by atoms with Crippen molar-refractivity contribution in [2.45, 2.75) is 56.6 Å². The smallest absolute Gasteiger partial charge is 0.343 e. The average Bonchev–Trinajstić information content (AvgIpc) is 3.48. The van der Waals surface area contributed by atoms with Crippen LogP contribution in [0.2, 0.25) is 0 Å². The van der Waals surface area contributed by atoms with Crippen molar-refractivity contribution < 1.29 is 19.1 Å². The van der Waals surface area contributed by atoms with Gasteiger partial charge >= 0.3 is 5.97 Å². The quantitative estimate of drug-likeness (QED) is 0.517. The van der Waals surface area contributed by atoms with Crippen LogP contribution in [0.4, 0.5) is 0 Å². The molecule has 3 atom stereocenters. The number of pyridine rings is 1. The van der Waals surface area contributed by atoms with Gasteiger partial charge in [-0.05, 0) is 30.0 Å². The fourth-order valence-corrected chi connectivity index (χ4v) is 5.51. The monoisotopic (exact) mass is 423 g/mol. The predicted molar refractivity (Wildman–Crippen MR) is 120 cm³/mol. The zero-order chi connectivity index (χ0) is 21.7. The summed E-state index contributed by atoms with van der Waals surface area (Å²) in [6, 6.07) is 13.7. The molecule has 2 aromatic rings. The molecule has 2 heterocycles. The van der Waals surface area contributed by atoms with Crippen LogP contribution in [0.3, 0.4) is 0 Å². The Labute approximate surface area is 185 Å². The molecule has 1 saturated heterocycles. The highest BCUT2D eigenvalue weighted by molar-refractivity contribution is 5.81. The second-order valence-electron chi connectivity index (χ2n) is 9.55. The van der Waals surface area contributed by atoms with Crippen LogP contribution >= 0.6 is 0 Å². The van der Waals surface area contributed by atoms with E-state index in [0.717, 1.165) is 62.5 Å². The first-order valence-corrected chi connectivity index (χ1v) is 11.7. The van der Waals surface area contributed by atoms with Crippen LogP contribution in [0.15, 0.2) is 54.9 Å². The van der Waals surface area contributed by atoms with Gasteiger partial charge in [0.15, 0.2) is 5.60 Å². The Morgan fingerprint density at radius 3 is 2.61 bits per heavy atom. The molecule has 2 aliphatic rings.